The quantitative estimate of drug-likeness (QED) is 0.750. The van der Waals surface area contributed by atoms with Crippen LogP contribution in [-0.4, -0.2) is 38.0 Å². The first kappa shape index (κ1) is 13.9. The van der Waals surface area contributed by atoms with Crippen molar-refractivity contribution >= 4 is 9.84 Å². The van der Waals surface area contributed by atoms with E-state index < -0.39 is 9.84 Å². The molecule has 0 aromatic heterocycles. The zero-order chi connectivity index (χ0) is 12.2. The van der Waals surface area contributed by atoms with Gasteiger partial charge in [0.2, 0.25) is 0 Å². The molecule has 4 nitrogen and oxygen atoms in total. The first-order chi connectivity index (χ1) is 7.43. The van der Waals surface area contributed by atoms with Crippen molar-refractivity contribution < 1.29 is 8.42 Å². The van der Waals surface area contributed by atoms with Crippen molar-refractivity contribution in [2.45, 2.75) is 57.7 Å². The maximum Gasteiger partial charge on any atom is 0.151 e. The SMILES string of the molecule is CCS(=O)(=O)CC(C)NC1CCC(N)CC1. The molecule has 0 bridgehead atoms. The molecule has 0 saturated heterocycles. The van der Waals surface area contributed by atoms with Gasteiger partial charge >= 0.3 is 0 Å². The Bertz CT molecular complexity index is 295. The molecular formula is C11H24N2O2S. The summed E-state index contributed by atoms with van der Waals surface area (Å²) >= 11 is 0. The molecule has 0 spiro atoms. The zero-order valence-electron chi connectivity index (χ0n) is 10.3. The Morgan fingerprint density at radius 1 is 1.31 bits per heavy atom. The summed E-state index contributed by atoms with van der Waals surface area (Å²) in [7, 11) is -2.87. The van der Waals surface area contributed by atoms with Crippen LogP contribution in [0.3, 0.4) is 0 Å². The smallest absolute Gasteiger partial charge is 0.151 e. The number of sulfone groups is 1. The number of rotatable bonds is 5. The van der Waals surface area contributed by atoms with Crippen LogP contribution in [0, 0.1) is 0 Å². The lowest BCUT2D eigenvalue weighted by atomic mass is 9.91. The van der Waals surface area contributed by atoms with Gasteiger partial charge in [0.15, 0.2) is 9.84 Å². The fraction of sp³-hybridized carbons (Fsp3) is 1.00. The summed E-state index contributed by atoms with van der Waals surface area (Å²) < 4.78 is 22.9. The van der Waals surface area contributed by atoms with Crippen LogP contribution in [0.1, 0.15) is 39.5 Å². The Kier molecular flexibility index (Phi) is 5.21. The van der Waals surface area contributed by atoms with Crippen LogP contribution in [0.5, 0.6) is 0 Å². The van der Waals surface area contributed by atoms with Gasteiger partial charge in [-0.2, -0.15) is 0 Å². The molecule has 1 aliphatic carbocycles. The molecule has 16 heavy (non-hydrogen) atoms. The molecule has 1 saturated carbocycles. The van der Waals surface area contributed by atoms with Crippen molar-refractivity contribution in [2.24, 2.45) is 5.73 Å². The predicted molar refractivity (Wildman–Crippen MR) is 67.2 cm³/mol. The summed E-state index contributed by atoms with van der Waals surface area (Å²) in [4.78, 5) is 0. The van der Waals surface area contributed by atoms with Crippen molar-refractivity contribution in [2.75, 3.05) is 11.5 Å². The van der Waals surface area contributed by atoms with Crippen LogP contribution in [0.2, 0.25) is 0 Å². The highest BCUT2D eigenvalue weighted by Crippen LogP contribution is 2.17. The van der Waals surface area contributed by atoms with Gasteiger partial charge in [0.25, 0.3) is 0 Å². The molecule has 3 N–H and O–H groups in total. The minimum atomic E-state index is -2.87. The van der Waals surface area contributed by atoms with E-state index in [1.165, 1.54) is 0 Å². The van der Waals surface area contributed by atoms with Crippen LogP contribution in [-0.2, 0) is 9.84 Å². The summed E-state index contributed by atoms with van der Waals surface area (Å²) in [5.74, 6) is 0.473. The largest absolute Gasteiger partial charge is 0.328 e. The van der Waals surface area contributed by atoms with E-state index in [1.807, 2.05) is 6.92 Å². The summed E-state index contributed by atoms with van der Waals surface area (Å²) in [6.45, 7) is 3.64. The molecule has 0 heterocycles. The molecule has 0 aromatic rings. The Labute approximate surface area is 98.9 Å². The Hall–Kier alpha value is -0.130. The molecule has 1 aliphatic rings. The Balaban J connectivity index is 2.32. The second-order valence-corrected chi connectivity index (χ2v) is 7.28. The molecule has 96 valence electrons. The summed E-state index contributed by atoms with van der Waals surface area (Å²) in [5.41, 5.74) is 5.83. The highest BCUT2D eigenvalue weighted by Gasteiger charge is 2.21. The van der Waals surface area contributed by atoms with Crippen molar-refractivity contribution in [3.05, 3.63) is 0 Å². The maximum absolute atomic E-state index is 11.4. The monoisotopic (exact) mass is 248 g/mol. The molecule has 5 heteroatoms. The second-order valence-electron chi connectivity index (χ2n) is 4.88. The summed E-state index contributed by atoms with van der Waals surface area (Å²) in [5, 5.41) is 3.40. The van der Waals surface area contributed by atoms with Crippen LogP contribution in [0.4, 0.5) is 0 Å². The Morgan fingerprint density at radius 2 is 1.88 bits per heavy atom. The van der Waals surface area contributed by atoms with E-state index >= 15 is 0 Å². The maximum atomic E-state index is 11.4. The van der Waals surface area contributed by atoms with Gasteiger partial charge in [0.1, 0.15) is 0 Å². The number of nitrogens with one attached hydrogen (secondary N) is 1. The van der Waals surface area contributed by atoms with Gasteiger partial charge in [0.05, 0.1) is 5.75 Å². The van der Waals surface area contributed by atoms with Crippen LogP contribution in [0.15, 0.2) is 0 Å². The molecule has 1 atom stereocenters. The van der Waals surface area contributed by atoms with Gasteiger partial charge in [-0.1, -0.05) is 6.92 Å². The zero-order valence-corrected chi connectivity index (χ0v) is 11.1. The first-order valence-electron chi connectivity index (χ1n) is 6.15. The number of hydrogen-bond donors (Lipinski definition) is 2. The molecule has 0 aromatic carbocycles. The van der Waals surface area contributed by atoms with Gasteiger partial charge in [0, 0.05) is 23.9 Å². The normalized spacial score (nSPS) is 28.9. The van der Waals surface area contributed by atoms with Crippen LogP contribution in [0.25, 0.3) is 0 Å². The molecule has 0 radical (unpaired) electrons. The molecule has 1 fully saturated rings. The van der Waals surface area contributed by atoms with Crippen molar-refractivity contribution in [3.8, 4) is 0 Å². The topological polar surface area (TPSA) is 72.2 Å². The van der Waals surface area contributed by atoms with E-state index in [9.17, 15) is 8.42 Å². The van der Waals surface area contributed by atoms with Gasteiger partial charge < -0.3 is 11.1 Å². The minimum Gasteiger partial charge on any atom is -0.328 e. The third kappa shape index (κ3) is 4.80. The summed E-state index contributed by atoms with van der Waals surface area (Å²) in [6, 6.07) is 0.832. The minimum absolute atomic E-state index is 0.0456. The van der Waals surface area contributed by atoms with E-state index in [2.05, 4.69) is 5.32 Å². The number of hydrogen-bond acceptors (Lipinski definition) is 4. The lowest BCUT2D eigenvalue weighted by Crippen LogP contribution is -2.44. The highest BCUT2D eigenvalue weighted by atomic mass is 32.2. The standard InChI is InChI=1S/C11H24N2O2S/c1-3-16(14,15)8-9(2)13-11-6-4-10(12)5-7-11/h9-11,13H,3-8,12H2,1-2H3. The predicted octanol–water partition coefficient (Wildman–Crippen LogP) is 0.669. The van der Waals surface area contributed by atoms with Gasteiger partial charge in [-0.05, 0) is 32.6 Å². The highest BCUT2D eigenvalue weighted by molar-refractivity contribution is 7.91. The van der Waals surface area contributed by atoms with Crippen molar-refractivity contribution in [1.82, 2.24) is 5.32 Å². The van der Waals surface area contributed by atoms with Gasteiger partial charge in [-0.25, -0.2) is 8.42 Å². The average molecular weight is 248 g/mol. The molecule has 1 unspecified atom stereocenters. The van der Waals surface area contributed by atoms with E-state index in [0.717, 1.165) is 25.7 Å². The lowest BCUT2D eigenvalue weighted by molar-refractivity contribution is 0.326. The molecule has 0 aliphatic heterocycles. The average Bonchev–Trinajstić information content (AvgIpc) is 2.21. The fourth-order valence-corrected chi connectivity index (χ4v) is 3.33. The van der Waals surface area contributed by atoms with E-state index in [0.29, 0.717) is 12.1 Å². The third-order valence-electron chi connectivity index (χ3n) is 3.24. The number of nitrogens with two attached hydrogens (primary N) is 1. The summed E-state index contributed by atoms with van der Waals surface area (Å²) in [6.07, 6.45) is 4.23. The third-order valence-corrected chi connectivity index (χ3v) is 5.12. The van der Waals surface area contributed by atoms with Crippen LogP contribution < -0.4 is 11.1 Å². The fourth-order valence-electron chi connectivity index (χ4n) is 2.24. The molecule has 1 rings (SSSR count). The molecule has 0 amide bonds. The van der Waals surface area contributed by atoms with E-state index in [-0.39, 0.29) is 17.5 Å². The molecular weight excluding hydrogens is 224 g/mol. The second kappa shape index (κ2) is 5.98. The van der Waals surface area contributed by atoms with E-state index in [4.69, 9.17) is 5.73 Å². The van der Waals surface area contributed by atoms with Crippen molar-refractivity contribution in [3.63, 3.8) is 0 Å². The lowest BCUT2D eigenvalue weighted by Gasteiger charge is -2.29. The van der Waals surface area contributed by atoms with Crippen LogP contribution >= 0.6 is 0 Å². The van der Waals surface area contributed by atoms with Gasteiger partial charge in [-0.3, -0.25) is 0 Å². The van der Waals surface area contributed by atoms with Gasteiger partial charge in [-0.15, -0.1) is 0 Å². The first-order valence-corrected chi connectivity index (χ1v) is 7.97. The Morgan fingerprint density at radius 3 is 2.38 bits per heavy atom. The van der Waals surface area contributed by atoms with E-state index in [1.54, 1.807) is 6.92 Å². The van der Waals surface area contributed by atoms with Crippen molar-refractivity contribution in [1.29, 1.82) is 0 Å².